The third-order valence-electron chi connectivity index (χ3n) is 2.51. The van der Waals surface area contributed by atoms with Crippen LogP contribution < -0.4 is 5.73 Å². The smallest absolute Gasteiger partial charge is 0.178 e. The van der Waals surface area contributed by atoms with Crippen molar-refractivity contribution in [2.24, 2.45) is 5.73 Å². The summed E-state index contributed by atoms with van der Waals surface area (Å²) in [6.45, 7) is 1.87. The minimum Gasteiger partial charge on any atom is -0.321 e. The SMILES string of the molecule is C[C@@H](N)c1nnc2ccc(-c3ccsc3)nn12. The van der Waals surface area contributed by atoms with Crippen LogP contribution in [-0.4, -0.2) is 19.8 Å². The third kappa shape index (κ3) is 1.71. The second-order valence-electron chi connectivity index (χ2n) is 3.85. The summed E-state index contributed by atoms with van der Waals surface area (Å²) in [6.07, 6.45) is 0. The monoisotopic (exact) mass is 245 g/mol. The topological polar surface area (TPSA) is 69.1 Å². The molecule has 0 saturated heterocycles. The lowest BCUT2D eigenvalue weighted by atomic mass is 10.2. The predicted molar refractivity (Wildman–Crippen MR) is 66.7 cm³/mol. The lowest BCUT2D eigenvalue weighted by Gasteiger charge is -2.03. The molecule has 3 aromatic rings. The van der Waals surface area contributed by atoms with Gasteiger partial charge in [0.1, 0.15) is 0 Å². The number of thiophene rings is 1. The number of fused-ring (bicyclic) bond motifs is 1. The van der Waals surface area contributed by atoms with Crippen LogP contribution in [0.15, 0.2) is 29.0 Å². The van der Waals surface area contributed by atoms with Crippen LogP contribution >= 0.6 is 11.3 Å². The fraction of sp³-hybridized carbons (Fsp3) is 0.182. The quantitative estimate of drug-likeness (QED) is 0.748. The summed E-state index contributed by atoms with van der Waals surface area (Å²) in [5, 5.41) is 16.7. The van der Waals surface area contributed by atoms with E-state index in [2.05, 4.69) is 20.7 Å². The van der Waals surface area contributed by atoms with Crippen LogP contribution in [0.4, 0.5) is 0 Å². The van der Waals surface area contributed by atoms with Gasteiger partial charge >= 0.3 is 0 Å². The molecule has 0 radical (unpaired) electrons. The summed E-state index contributed by atoms with van der Waals surface area (Å²) in [4.78, 5) is 0. The summed E-state index contributed by atoms with van der Waals surface area (Å²) in [6, 6.07) is 5.69. The Morgan fingerprint density at radius 1 is 1.29 bits per heavy atom. The summed E-state index contributed by atoms with van der Waals surface area (Å²) >= 11 is 1.65. The van der Waals surface area contributed by atoms with Crippen LogP contribution in [0.3, 0.4) is 0 Å². The molecule has 3 heterocycles. The zero-order chi connectivity index (χ0) is 11.8. The van der Waals surface area contributed by atoms with Crippen molar-refractivity contribution in [1.29, 1.82) is 0 Å². The molecule has 0 aromatic carbocycles. The number of nitrogens with two attached hydrogens (primary N) is 1. The van der Waals surface area contributed by atoms with Crippen LogP contribution in [0.5, 0.6) is 0 Å². The maximum Gasteiger partial charge on any atom is 0.178 e. The van der Waals surface area contributed by atoms with E-state index in [1.165, 1.54) is 0 Å². The summed E-state index contributed by atoms with van der Waals surface area (Å²) in [7, 11) is 0. The minimum atomic E-state index is -0.185. The van der Waals surface area contributed by atoms with Crippen LogP contribution in [-0.2, 0) is 0 Å². The van der Waals surface area contributed by atoms with E-state index in [9.17, 15) is 0 Å². The fourth-order valence-electron chi connectivity index (χ4n) is 1.65. The van der Waals surface area contributed by atoms with Gasteiger partial charge in [0, 0.05) is 10.9 Å². The molecular weight excluding hydrogens is 234 g/mol. The second kappa shape index (κ2) is 3.90. The highest BCUT2D eigenvalue weighted by molar-refractivity contribution is 7.08. The van der Waals surface area contributed by atoms with E-state index >= 15 is 0 Å². The molecule has 3 aromatic heterocycles. The molecule has 17 heavy (non-hydrogen) atoms. The maximum atomic E-state index is 5.83. The average Bonchev–Trinajstić information content (AvgIpc) is 2.97. The van der Waals surface area contributed by atoms with Crippen LogP contribution in [0.25, 0.3) is 16.9 Å². The first-order valence-corrected chi connectivity index (χ1v) is 6.20. The third-order valence-corrected chi connectivity index (χ3v) is 3.19. The first-order valence-electron chi connectivity index (χ1n) is 5.26. The fourth-order valence-corrected chi connectivity index (χ4v) is 2.30. The van der Waals surface area contributed by atoms with E-state index < -0.39 is 0 Å². The summed E-state index contributed by atoms with van der Waals surface area (Å²) < 4.78 is 1.71. The van der Waals surface area contributed by atoms with Crippen molar-refractivity contribution in [2.75, 3.05) is 0 Å². The van der Waals surface area contributed by atoms with Gasteiger partial charge in [-0.25, -0.2) is 0 Å². The van der Waals surface area contributed by atoms with Crippen LogP contribution in [0, 0.1) is 0 Å². The van der Waals surface area contributed by atoms with Gasteiger partial charge in [-0.1, -0.05) is 0 Å². The molecule has 0 aliphatic rings. The van der Waals surface area contributed by atoms with Gasteiger partial charge in [-0.05, 0) is 30.5 Å². The molecule has 0 aliphatic heterocycles. The van der Waals surface area contributed by atoms with E-state index in [-0.39, 0.29) is 6.04 Å². The van der Waals surface area contributed by atoms with Crippen molar-refractivity contribution in [3.8, 4) is 11.3 Å². The standard InChI is InChI=1S/C11H11N5S/c1-7(12)11-14-13-10-3-2-9(15-16(10)11)8-4-5-17-6-8/h2-7H,12H2,1H3/t7-/m1/s1. The Bertz CT molecular complexity index is 641. The van der Waals surface area contributed by atoms with Crippen molar-refractivity contribution in [3.63, 3.8) is 0 Å². The first-order chi connectivity index (χ1) is 8.25. The largest absolute Gasteiger partial charge is 0.321 e. The molecule has 0 spiro atoms. The highest BCUT2D eigenvalue weighted by Crippen LogP contribution is 2.20. The lowest BCUT2D eigenvalue weighted by Crippen LogP contribution is -2.11. The van der Waals surface area contributed by atoms with E-state index in [0.29, 0.717) is 5.82 Å². The van der Waals surface area contributed by atoms with Gasteiger partial charge in [-0.15, -0.1) is 10.2 Å². The minimum absolute atomic E-state index is 0.185. The van der Waals surface area contributed by atoms with Crippen molar-refractivity contribution in [1.82, 2.24) is 19.8 Å². The molecule has 0 bridgehead atoms. The van der Waals surface area contributed by atoms with E-state index in [1.807, 2.05) is 30.5 Å². The Morgan fingerprint density at radius 3 is 2.88 bits per heavy atom. The Hall–Kier alpha value is -1.79. The summed E-state index contributed by atoms with van der Waals surface area (Å²) in [5.41, 5.74) is 8.55. The highest BCUT2D eigenvalue weighted by Gasteiger charge is 2.11. The van der Waals surface area contributed by atoms with Crippen molar-refractivity contribution in [2.45, 2.75) is 13.0 Å². The average molecular weight is 245 g/mol. The summed E-state index contributed by atoms with van der Waals surface area (Å²) in [5.74, 6) is 0.678. The van der Waals surface area contributed by atoms with Gasteiger partial charge < -0.3 is 5.73 Å². The van der Waals surface area contributed by atoms with Gasteiger partial charge in [0.2, 0.25) is 0 Å². The molecule has 3 rings (SSSR count). The Kier molecular flexibility index (Phi) is 2.38. The normalized spacial score (nSPS) is 13.1. The molecule has 6 heteroatoms. The number of aromatic nitrogens is 4. The zero-order valence-corrected chi connectivity index (χ0v) is 10.1. The second-order valence-corrected chi connectivity index (χ2v) is 4.63. The molecule has 86 valence electrons. The molecule has 2 N–H and O–H groups in total. The molecule has 1 atom stereocenters. The first kappa shape index (κ1) is 10.4. The van der Waals surface area contributed by atoms with Crippen LogP contribution in [0.2, 0.25) is 0 Å². The van der Waals surface area contributed by atoms with Gasteiger partial charge in [0.15, 0.2) is 11.5 Å². The highest BCUT2D eigenvalue weighted by atomic mass is 32.1. The zero-order valence-electron chi connectivity index (χ0n) is 9.24. The van der Waals surface area contributed by atoms with Crippen LogP contribution in [0.1, 0.15) is 18.8 Å². The number of hydrogen-bond acceptors (Lipinski definition) is 5. The van der Waals surface area contributed by atoms with Crippen molar-refractivity contribution < 1.29 is 0 Å². The molecular formula is C11H11N5S. The molecule has 0 fully saturated rings. The number of hydrogen-bond donors (Lipinski definition) is 1. The molecule has 5 nitrogen and oxygen atoms in total. The van der Waals surface area contributed by atoms with Gasteiger partial charge in [-0.3, -0.25) is 0 Å². The number of nitrogens with zero attached hydrogens (tertiary/aromatic N) is 4. The molecule has 0 unspecified atom stereocenters. The number of rotatable bonds is 2. The Balaban J connectivity index is 2.20. The Morgan fingerprint density at radius 2 is 2.18 bits per heavy atom. The van der Waals surface area contributed by atoms with Crippen molar-refractivity contribution >= 4 is 17.0 Å². The molecule has 0 amide bonds. The Labute approximate surface area is 102 Å². The molecule has 0 saturated carbocycles. The van der Waals surface area contributed by atoms with Gasteiger partial charge in [-0.2, -0.15) is 21.0 Å². The van der Waals surface area contributed by atoms with Gasteiger partial charge in [0.25, 0.3) is 0 Å². The van der Waals surface area contributed by atoms with E-state index in [0.717, 1.165) is 16.9 Å². The van der Waals surface area contributed by atoms with Gasteiger partial charge in [0.05, 0.1) is 11.7 Å². The van der Waals surface area contributed by atoms with E-state index in [1.54, 1.807) is 15.9 Å². The van der Waals surface area contributed by atoms with E-state index in [4.69, 9.17) is 5.73 Å². The molecule has 0 aliphatic carbocycles. The predicted octanol–water partition coefficient (Wildman–Crippen LogP) is 1.87. The van der Waals surface area contributed by atoms with Crippen molar-refractivity contribution in [3.05, 3.63) is 34.8 Å². The maximum absolute atomic E-state index is 5.83. The lowest BCUT2D eigenvalue weighted by molar-refractivity contribution is 0.696.